The first-order valence-electron chi connectivity index (χ1n) is 9.97. The van der Waals surface area contributed by atoms with Crippen molar-refractivity contribution in [1.29, 1.82) is 0 Å². The molecule has 0 radical (unpaired) electrons. The average Bonchev–Trinajstić information content (AvgIpc) is 3.42. The molecule has 0 aliphatic rings. The van der Waals surface area contributed by atoms with Gasteiger partial charge in [0.15, 0.2) is 12.4 Å². The number of imidazole rings is 1. The fraction of sp³-hybridized carbons (Fsp3) is 0.174. The van der Waals surface area contributed by atoms with E-state index in [2.05, 4.69) is 22.5 Å². The van der Waals surface area contributed by atoms with E-state index in [1.165, 1.54) is 6.26 Å². The number of para-hydroxylation sites is 2. The lowest BCUT2D eigenvalue weighted by Gasteiger charge is -2.10. The molecule has 2 N–H and O–H groups in total. The van der Waals surface area contributed by atoms with E-state index in [1.807, 2.05) is 28.8 Å². The Labute approximate surface area is 178 Å². The summed E-state index contributed by atoms with van der Waals surface area (Å²) >= 11 is 0. The molecule has 0 atom stereocenters. The molecule has 0 saturated carbocycles. The number of rotatable bonds is 8. The second-order valence-corrected chi connectivity index (χ2v) is 6.87. The zero-order valence-corrected chi connectivity index (χ0v) is 17.0. The molecule has 4 aromatic rings. The molecule has 0 aliphatic heterocycles. The number of aromatic nitrogens is 2. The number of anilines is 2. The number of nitrogens with one attached hydrogen (secondary N) is 2. The lowest BCUT2D eigenvalue weighted by Crippen LogP contribution is -2.22. The van der Waals surface area contributed by atoms with Crippen LogP contribution in [0.15, 0.2) is 71.3 Å². The second kappa shape index (κ2) is 9.17. The minimum Gasteiger partial charge on any atom is -0.484 e. The summed E-state index contributed by atoms with van der Waals surface area (Å²) in [7, 11) is 0. The molecule has 0 spiro atoms. The Morgan fingerprint density at radius 2 is 1.94 bits per heavy atom. The lowest BCUT2D eigenvalue weighted by molar-refractivity contribution is -0.118. The van der Waals surface area contributed by atoms with E-state index in [0.717, 1.165) is 24.0 Å². The maximum Gasteiger partial charge on any atom is 0.291 e. The predicted octanol–water partition coefficient (Wildman–Crippen LogP) is 4.31. The van der Waals surface area contributed by atoms with E-state index < -0.39 is 0 Å². The number of furan rings is 1. The Morgan fingerprint density at radius 1 is 1.06 bits per heavy atom. The Balaban J connectivity index is 1.39. The van der Waals surface area contributed by atoms with E-state index in [0.29, 0.717) is 17.4 Å². The quantitative estimate of drug-likeness (QED) is 0.444. The summed E-state index contributed by atoms with van der Waals surface area (Å²) < 4.78 is 12.7. The first-order valence-corrected chi connectivity index (χ1v) is 9.97. The fourth-order valence-corrected chi connectivity index (χ4v) is 3.19. The van der Waals surface area contributed by atoms with Gasteiger partial charge in [0.25, 0.3) is 11.8 Å². The minimum atomic E-state index is -0.366. The van der Waals surface area contributed by atoms with Crippen LogP contribution in [0.2, 0.25) is 0 Å². The summed E-state index contributed by atoms with van der Waals surface area (Å²) in [5.41, 5.74) is 2.33. The van der Waals surface area contributed by atoms with Crippen LogP contribution >= 0.6 is 0 Å². The molecule has 0 fully saturated rings. The van der Waals surface area contributed by atoms with Crippen LogP contribution in [0.3, 0.4) is 0 Å². The molecule has 2 aromatic heterocycles. The number of benzene rings is 2. The zero-order chi connectivity index (χ0) is 21.6. The highest BCUT2D eigenvalue weighted by Crippen LogP contribution is 2.21. The Morgan fingerprint density at radius 3 is 2.74 bits per heavy atom. The summed E-state index contributed by atoms with van der Waals surface area (Å²) in [4.78, 5) is 29.1. The minimum absolute atomic E-state index is 0.190. The molecular weight excluding hydrogens is 396 g/mol. The van der Waals surface area contributed by atoms with Crippen molar-refractivity contribution in [2.45, 2.75) is 19.9 Å². The molecule has 31 heavy (non-hydrogen) atoms. The number of amides is 2. The van der Waals surface area contributed by atoms with Gasteiger partial charge in [-0.3, -0.25) is 14.9 Å². The zero-order valence-electron chi connectivity index (χ0n) is 17.0. The van der Waals surface area contributed by atoms with Crippen LogP contribution in [-0.2, 0) is 11.3 Å². The van der Waals surface area contributed by atoms with Crippen molar-refractivity contribution in [3.05, 3.63) is 72.7 Å². The lowest BCUT2D eigenvalue weighted by atomic mass is 10.3. The van der Waals surface area contributed by atoms with Crippen molar-refractivity contribution in [2.24, 2.45) is 0 Å². The average molecular weight is 418 g/mol. The third-order valence-corrected chi connectivity index (χ3v) is 4.56. The van der Waals surface area contributed by atoms with Gasteiger partial charge in [0, 0.05) is 18.3 Å². The molecule has 4 rings (SSSR count). The highest BCUT2D eigenvalue weighted by molar-refractivity contribution is 6.02. The number of nitrogens with zero attached hydrogens (tertiary/aromatic N) is 2. The van der Waals surface area contributed by atoms with Gasteiger partial charge in [0.05, 0.1) is 17.3 Å². The molecule has 2 amide bonds. The van der Waals surface area contributed by atoms with Gasteiger partial charge in [-0.1, -0.05) is 25.1 Å². The van der Waals surface area contributed by atoms with E-state index in [9.17, 15) is 9.59 Å². The number of ether oxygens (including phenoxy) is 1. The molecular formula is C23H22N4O4. The first-order chi connectivity index (χ1) is 15.1. The van der Waals surface area contributed by atoms with Crippen molar-refractivity contribution in [3.63, 3.8) is 0 Å². The monoisotopic (exact) mass is 418 g/mol. The SMILES string of the molecule is CCCn1c(NC(=O)COc2cccc(NC(=O)c3ccco3)c2)nc2ccccc21. The summed E-state index contributed by atoms with van der Waals surface area (Å²) in [5, 5.41) is 5.55. The standard InChI is InChI=1S/C23H22N4O4/c1-2-12-27-19-10-4-3-9-18(19)25-23(27)26-21(28)15-31-17-8-5-7-16(14-17)24-22(29)20-11-6-13-30-20/h3-11,13-14H,2,12,15H2,1H3,(H,24,29)(H,25,26,28). The van der Waals surface area contributed by atoms with Gasteiger partial charge in [0.2, 0.25) is 5.95 Å². The summed E-state index contributed by atoms with van der Waals surface area (Å²) in [6, 6.07) is 17.8. The topological polar surface area (TPSA) is 98.4 Å². The van der Waals surface area contributed by atoms with Crippen molar-refractivity contribution in [1.82, 2.24) is 9.55 Å². The molecule has 0 aliphatic carbocycles. The first kappa shape index (κ1) is 20.2. The number of fused-ring (bicyclic) bond motifs is 1. The molecule has 0 saturated heterocycles. The van der Waals surface area contributed by atoms with Crippen molar-refractivity contribution in [2.75, 3.05) is 17.2 Å². The summed E-state index contributed by atoms with van der Waals surface area (Å²) in [6.07, 6.45) is 2.35. The van der Waals surface area contributed by atoms with E-state index in [4.69, 9.17) is 9.15 Å². The number of carbonyl (C=O) groups is 2. The highest BCUT2D eigenvalue weighted by Gasteiger charge is 2.13. The third kappa shape index (κ3) is 4.75. The molecule has 0 unspecified atom stereocenters. The van der Waals surface area contributed by atoms with Gasteiger partial charge in [-0.05, 0) is 42.8 Å². The maximum absolute atomic E-state index is 12.5. The van der Waals surface area contributed by atoms with Crippen LogP contribution in [0.4, 0.5) is 11.6 Å². The highest BCUT2D eigenvalue weighted by atomic mass is 16.5. The third-order valence-electron chi connectivity index (χ3n) is 4.56. The maximum atomic E-state index is 12.5. The Hall–Kier alpha value is -4.07. The largest absolute Gasteiger partial charge is 0.484 e. The molecule has 2 aromatic carbocycles. The van der Waals surface area contributed by atoms with Gasteiger partial charge in [0.1, 0.15) is 5.75 Å². The number of hydrogen-bond acceptors (Lipinski definition) is 5. The van der Waals surface area contributed by atoms with Crippen LogP contribution < -0.4 is 15.4 Å². The van der Waals surface area contributed by atoms with Gasteiger partial charge >= 0.3 is 0 Å². The molecule has 158 valence electrons. The van der Waals surface area contributed by atoms with E-state index in [1.54, 1.807) is 36.4 Å². The van der Waals surface area contributed by atoms with Gasteiger partial charge < -0.3 is 19.0 Å². The summed E-state index contributed by atoms with van der Waals surface area (Å²) in [6.45, 7) is 2.63. The number of aryl methyl sites for hydroxylation is 1. The second-order valence-electron chi connectivity index (χ2n) is 6.87. The molecule has 8 heteroatoms. The van der Waals surface area contributed by atoms with Crippen LogP contribution in [0.25, 0.3) is 11.0 Å². The number of hydrogen-bond donors (Lipinski definition) is 2. The number of carbonyl (C=O) groups excluding carboxylic acids is 2. The summed E-state index contributed by atoms with van der Waals surface area (Å²) in [5.74, 6) is 0.471. The molecule has 2 heterocycles. The van der Waals surface area contributed by atoms with Crippen molar-refractivity contribution >= 4 is 34.5 Å². The smallest absolute Gasteiger partial charge is 0.291 e. The van der Waals surface area contributed by atoms with Crippen LogP contribution in [0.5, 0.6) is 5.75 Å². The van der Waals surface area contributed by atoms with Crippen LogP contribution in [0, 0.1) is 0 Å². The predicted molar refractivity (Wildman–Crippen MR) is 117 cm³/mol. The van der Waals surface area contributed by atoms with Gasteiger partial charge in [-0.25, -0.2) is 4.98 Å². The Bertz CT molecular complexity index is 1200. The van der Waals surface area contributed by atoms with Crippen molar-refractivity contribution < 1.29 is 18.7 Å². The Kier molecular flexibility index (Phi) is 5.98. The normalized spacial score (nSPS) is 10.7. The van der Waals surface area contributed by atoms with E-state index in [-0.39, 0.29) is 24.2 Å². The van der Waals surface area contributed by atoms with Crippen LogP contribution in [-0.4, -0.2) is 28.0 Å². The van der Waals surface area contributed by atoms with Crippen LogP contribution in [0.1, 0.15) is 23.9 Å². The van der Waals surface area contributed by atoms with E-state index >= 15 is 0 Å². The van der Waals surface area contributed by atoms with Gasteiger partial charge in [-0.15, -0.1) is 0 Å². The molecule has 0 bridgehead atoms. The van der Waals surface area contributed by atoms with Gasteiger partial charge in [-0.2, -0.15) is 0 Å². The molecule has 8 nitrogen and oxygen atoms in total. The van der Waals surface area contributed by atoms with Crippen molar-refractivity contribution in [3.8, 4) is 5.75 Å². The fourth-order valence-electron chi connectivity index (χ4n) is 3.19.